The average Bonchev–Trinajstić information content (AvgIpc) is 2.78. The summed E-state index contributed by atoms with van der Waals surface area (Å²) < 4.78 is 20.9. The Kier molecular flexibility index (Phi) is 4.99. The van der Waals surface area contributed by atoms with Crippen molar-refractivity contribution in [1.82, 2.24) is 4.90 Å². The van der Waals surface area contributed by atoms with Gasteiger partial charge in [-0.15, -0.1) is 11.3 Å². The van der Waals surface area contributed by atoms with E-state index in [9.17, 15) is 4.39 Å². The summed E-state index contributed by atoms with van der Waals surface area (Å²) in [6.07, 6.45) is 0. The molecule has 2 N–H and O–H groups in total. The number of thiophene rings is 1. The van der Waals surface area contributed by atoms with Crippen molar-refractivity contribution < 1.29 is 9.13 Å². The lowest BCUT2D eigenvalue weighted by atomic mass is 10.1. The van der Waals surface area contributed by atoms with Gasteiger partial charge in [0.1, 0.15) is 5.82 Å². The second-order valence-corrected chi connectivity index (χ2v) is 7.16. The second-order valence-electron chi connectivity index (χ2n) is 6.02. The minimum Gasteiger partial charge on any atom is -0.375 e. The zero-order chi connectivity index (χ0) is 15.6. The lowest BCUT2D eigenvalue weighted by molar-refractivity contribution is 0.0277. The highest BCUT2D eigenvalue weighted by atomic mass is 32.1. The average molecular weight is 310 g/mol. The molecule has 1 heterocycles. The SMILES string of the molecule is CN(C)C(C)(C)COCc1c(CN)sc2cccc(F)c12. The maximum atomic E-state index is 14.1. The third-order valence-electron chi connectivity index (χ3n) is 3.94. The van der Waals surface area contributed by atoms with Crippen LogP contribution >= 0.6 is 11.3 Å². The van der Waals surface area contributed by atoms with Crippen molar-refractivity contribution in [2.75, 3.05) is 20.7 Å². The largest absolute Gasteiger partial charge is 0.375 e. The Balaban J connectivity index is 2.22. The van der Waals surface area contributed by atoms with Crippen LogP contribution in [0.25, 0.3) is 10.1 Å². The fourth-order valence-corrected chi connectivity index (χ4v) is 3.17. The van der Waals surface area contributed by atoms with Gasteiger partial charge in [-0.3, -0.25) is 0 Å². The number of benzene rings is 1. The summed E-state index contributed by atoms with van der Waals surface area (Å²) in [5, 5.41) is 0.658. The van der Waals surface area contributed by atoms with Crippen molar-refractivity contribution >= 4 is 21.4 Å². The molecule has 1 aromatic carbocycles. The summed E-state index contributed by atoms with van der Waals surface area (Å²) in [4.78, 5) is 3.11. The van der Waals surface area contributed by atoms with Crippen molar-refractivity contribution in [2.45, 2.75) is 32.5 Å². The van der Waals surface area contributed by atoms with Gasteiger partial charge in [0, 0.05) is 32.6 Å². The maximum absolute atomic E-state index is 14.1. The number of rotatable bonds is 6. The molecule has 21 heavy (non-hydrogen) atoms. The molecule has 0 aliphatic carbocycles. The molecule has 0 bridgehead atoms. The van der Waals surface area contributed by atoms with E-state index < -0.39 is 0 Å². The van der Waals surface area contributed by atoms with Gasteiger partial charge in [0.05, 0.1) is 13.2 Å². The standard InChI is InChI=1S/C16H23FN2OS/c1-16(2,19(3)4)10-20-9-11-14(8-18)21-13-7-5-6-12(17)15(11)13/h5-7H,8-10,18H2,1-4H3. The van der Waals surface area contributed by atoms with Gasteiger partial charge in [-0.05, 0) is 40.1 Å². The molecule has 5 heteroatoms. The first kappa shape index (κ1) is 16.4. The predicted molar refractivity (Wildman–Crippen MR) is 87.1 cm³/mol. The molecule has 116 valence electrons. The molecule has 0 aliphatic rings. The Morgan fingerprint density at radius 3 is 2.67 bits per heavy atom. The molecule has 0 spiro atoms. The van der Waals surface area contributed by atoms with E-state index in [2.05, 4.69) is 18.7 Å². The van der Waals surface area contributed by atoms with Crippen LogP contribution in [0, 0.1) is 5.82 Å². The molecule has 0 unspecified atom stereocenters. The molecule has 0 fully saturated rings. The van der Waals surface area contributed by atoms with E-state index in [0.717, 1.165) is 15.1 Å². The first-order valence-electron chi connectivity index (χ1n) is 7.01. The van der Waals surface area contributed by atoms with Gasteiger partial charge in [-0.25, -0.2) is 4.39 Å². The summed E-state index contributed by atoms with van der Waals surface area (Å²) >= 11 is 1.55. The van der Waals surface area contributed by atoms with Gasteiger partial charge < -0.3 is 15.4 Å². The zero-order valence-corrected chi connectivity index (χ0v) is 13.9. The third-order valence-corrected chi connectivity index (χ3v) is 5.16. The van der Waals surface area contributed by atoms with Crippen molar-refractivity contribution in [2.24, 2.45) is 5.73 Å². The van der Waals surface area contributed by atoms with Crippen LogP contribution < -0.4 is 5.73 Å². The molecule has 0 aliphatic heterocycles. The lowest BCUT2D eigenvalue weighted by Gasteiger charge is -2.32. The Morgan fingerprint density at radius 2 is 2.05 bits per heavy atom. The minimum atomic E-state index is -0.200. The fourth-order valence-electron chi connectivity index (χ4n) is 2.07. The third kappa shape index (κ3) is 3.43. The van der Waals surface area contributed by atoms with E-state index in [1.54, 1.807) is 17.4 Å². The molecular weight excluding hydrogens is 287 g/mol. The first-order valence-corrected chi connectivity index (χ1v) is 7.82. The summed E-state index contributed by atoms with van der Waals surface area (Å²) in [6, 6.07) is 5.15. The number of ether oxygens (including phenoxy) is 1. The Morgan fingerprint density at radius 1 is 1.33 bits per heavy atom. The van der Waals surface area contributed by atoms with Gasteiger partial charge >= 0.3 is 0 Å². The van der Waals surface area contributed by atoms with Crippen LogP contribution in [0.1, 0.15) is 24.3 Å². The Hall–Kier alpha value is -1.01. The van der Waals surface area contributed by atoms with E-state index in [1.165, 1.54) is 6.07 Å². The summed E-state index contributed by atoms with van der Waals surface area (Å²) in [5.41, 5.74) is 6.63. The lowest BCUT2D eigenvalue weighted by Crippen LogP contribution is -2.42. The zero-order valence-electron chi connectivity index (χ0n) is 13.1. The van der Waals surface area contributed by atoms with E-state index >= 15 is 0 Å². The molecule has 0 radical (unpaired) electrons. The highest BCUT2D eigenvalue weighted by Crippen LogP contribution is 2.33. The van der Waals surface area contributed by atoms with Gasteiger partial charge in [0.15, 0.2) is 0 Å². The van der Waals surface area contributed by atoms with Gasteiger partial charge in [0.2, 0.25) is 0 Å². The van der Waals surface area contributed by atoms with Crippen molar-refractivity contribution in [3.05, 3.63) is 34.5 Å². The predicted octanol–water partition coefficient (Wildman–Crippen LogP) is 3.36. The van der Waals surface area contributed by atoms with Crippen LogP contribution in [0.5, 0.6) is 0 Å². The summed E-state index contributed by atoms with van der Waals surface area (Å²) in [7, 11) is 4.04. The van der Waals surface area contributed by atoms with Gasteiger partial charge in [-0.2, -0.15) is 0 Å². The number of hydrogen-bond donors (Lipinski definition) is 1. The van der Waals surface area contributed by atoms with Crippen molar-refractivity contribution in [3.8, 4) is 0 Å². The van der Waals surface area contributed by atoms with E-state index in [4.69, 9.17) is 10.5 Å². The number of hydrogen-bond acceptors (Lipinski definition) is 4. The molecule has 2 aromatic rings. The quantitative estimate of drug-likeness (QED) is 0.889. The van der Waals surface area contributed by atoms with E-state index in [1.807, 2.05) is 20.2 Å². The number of fused-ring (bicyclic) bond motifs is 1. The van der Waals surface area contributed by atoms with Crippen LogP contribution in [-0.4, -0.2) is 31.1 Å². The summed E-state index contributed by atoms with van der Waals surface area (Å²) in [5.74, 6) is -0.200. The highest BCUT2D eigenvalue weighted by molar-refractivity contribution is 7.19. The normalized spacial score (nSPS) is 12.5. The van der Waals surface area contributed by atoms with Crippen molar-refractivity contribution in [1.29, 1.82) is 0 Å². The molecule has 0 atom stereocenters. The smallest absolute Gasteiger partial charge is 0.132 e. The van der Waals surface area contributed by atoms with Crippen LogP contribution in [-0.2, 0) is 17.9 Å². The topological polar surface area (TPSA) is 38.5 Å². The molecular formula is C16H23FN2OS. The van der Waals surface area contributed by atoms with E-state index in [-0.39, 0.29) is 11.4 Å². The molecule has 0 saturated carbocycles. The van der Waals surface area contributed by atoms with Crippen molar-refractivity contribution in [3.63, 3.8) is 0 Å². The van der Waals surface area contributed by atoms with E-state index in [0.29, 0.717) is 25.1 Å². The number of nitrogens with two attached hydrogens (primary N) is 1. The highest BCUT2D eigenvalue weighted by Gasteiger charge is 2.21. The van der Waals surface area contributed by atoms with Gasteiger partial charge in [-0.1, -0.05) is 6.07 Å². The number of halogens is 1. The Bertz CT molecular complexity index is 622. The molecule has 0 amide bonds. The second kappa shape index (κ2) is 6.40. The van der Waals surface area contributed by atoms with Crippen LogP contribution in [0.3, 0.4) is 0 Å². The maximum Gasteiger partial charge on any atom is 0.132 e. The number of nitrogens with zero attached hydrogens (tertiary/aromatic N) is 1. The molecule has 0 saturated heterocycles. The first-order chi connectivity index (χ1) is 9.86. The number of likely N-dealkylation sites (N-methyl/N-ethyl adjacent to an activating group) is 1. The monoisotopic (exact) mass is 310 g/mol. The molecule has 3 nitrogen and oxygen atoms in total. The van der Waals surface area contributed by atoms with Crippen LogP contribution in [0.4, 0.5) is 4.39 Å². The molecule has 2 rings (SSSR count). The van der Waals surface area contributed by atoms with Gasteiger partial charge in [0.25, 0.3) is 0 Å². The Labute approximate surface area is 129 Å². The summed E-state index contributed by atoms with van der Waals surface area (Å²) in [6.45, 7) is 5.61. The molecule has 1 aromatic heterocycles. The fraction of sp³-hybridized carbons (Fsp3) is 0.500. The van der Waals surface area contributed by atoms with Crippen LogP contribution in [0.15, 0.2) is 18.2 Å². The minimum absolute atomic E-state index is 0.0623. The van der Waals surface area contributed by atoms with Crippen LogP contribution in [0.2, 0.25) is 0 Å².